The quantitative estimate of drug-likeness (QED) is 0.172. The minimum atomic E-state index is -0.477. The fourth-order valence-electron chi connectivity index (χ4n) is 9.37. The van der Waals surface area contributed by atoms with Crippen LogP contribution in [0.25, 0.3) is 0 Å². The van der Waals surface area contributed by atoms with Crippen LogP contribution in [0.4, 0.5) is 15.8 Å². The van der Waals surface area contributed by atoms with Crippen LogP contribution in [0.2, 0.25) is 0 Å². The third-order valence-electron chi connectivity index (χ3n) is 12.6. The van der Waals surface area contributed by atoms with Crippen LogP contribution in [0.15, 0.2) is 84.9 Å². The molecule has 3 N–H and O–H groups in total. The van der Waals surface area contributed by atoms with Crippen molar-refractivity contribution >= 4 is 29.1 Å². The Bertz CT molecular complexity index is 2100. The number of piperazine rings is 1. The lowest BCUT2D eigenvalue weighted by atomic mass is 9.76. The number of halogens is 1. The molecule has 0 bridgehead atoms. The summed E-state index contributed by atoms with van der Waals surface area (Å²) in [6.07, 6.45) is 4.00. The standard InChI is InChI=1S/C46H52FN5O5/c1-56-36-12-14-38-42(27-36)57-29-39(31-5-3-2-4-6-31)44(38)34-9-15-41(40(47)26-34)52-19-17-30(18-20-52)28-50-21-23-51(24-22-50)35-11-13-37(45(48)54)33(25-35)8-7-32-10-16-43(53)49-46(32)55/h2-6,9,11-15,25-27,30,32,39,44H,7-8,10,16-24,28-29H2,1H3,(H2,48,54)(H,49,53,55)/t32-,39+,44+/m0/s1. The molecule has 0 unspecified atom stereocenters. The van der Waals surface area contributed by atoms with Gasteiger partial charge in [-0.25, -0.2) is 4.39 Å². The van der Waals surface area contributed by atoms with Gasteiger partial charge in [-0.05, 0) is 91.1 Å². The summed E-state index contributed by atoms with van der Waals surface area (Å²) in [6, 6.07) is 27.9. The van der Waals surface area contributed by atoms with Gasteiger partial charge in [0.15, 0.2) is 0 Å². The number of hydrogen-bond acceptors (Lipinski definition) is 8. The van der Waals surface area contributed by atoms with Crippen LogP contribution >= 0.6 is 0 Å². The van der Waals surface area contributed by atoms with Gasteiger partial charge in [-0.3, -0.25) is 24.6 Å². The molecule has 0 saturated carbocycles. The fourth-order valence-corrected chi connectivity index (χ4v) is 9.37. The Morgan fingerprint density at radius 3 is 2.39 bits per heavy atom. The van der Waals surface area contributed by atoms with Crippen molar-refractivity contribution in [3.63, 3.8) is 0 Å². The highest BCUT2D eigenvalue weighted by Gasteiger charge is 2.35. The van der Waals surface area contributed by atoms with Crippen molar-refractivity contribution in [1.82, 2.24) is 10.2 Å². The highest BCUT2D eigenvalue weighted by Crippen LogP contribution is 2.47. The molecule has 3 amide bonds. The maximum absolute atomic E-state index is 16.1. The summed E-state index contributed by atoms with van der Waals surface area (Å²) in [5.41, 5.74) is 11.9. The largest absolute Gasteiger partial charge is 0.497 e. The lowest BCUT2D eigenvalue weighted by Crippen LogP contribution is -2.49. The van der Waals surface area contributed by atoms with E-state index in [9.17, 15) is 14.4 Å². The van der Waals surface area contributed by atoms with Gasteiger partial charge in [0.05, 0.1) is 19.4 Å². The maximum Gasteiger partial charge on any atom is 0.248 e. The molecule has 3 fully saturated rings. The van der Waals surface area contributed by atoms with Crippen molar-refractivity contribution in [2.45, 2.75) is 50.4 Å². The molecule has 0 spiro atoms. The van der Waals surface area contributed by atoms with E-state index < -0.39 is 5.91 Å². The van der Waals surface area contributed by atoms with Crippen molar-refractivity contribution in [2.24, 2.45) is 17.6 Å². The molecule has 3 atom stereocenters. The van der Waals surface area contributed by atoms with E-state index in [0.29, 0.717) is 49.5 Å². The molecule has 3 saturated heterocycles. The number of hydrogen-bond donors (Lipinski definition) is 2. The summed E-state index contributed by atoms with van der Waals surface area (Å²) in [5.74, 6) is 0.694. The summed E-state index contributed by atoms with van der Waals surface area (Å²) >= 11 is 0. The molecule has 10 nitrogen and oxygen atoms in total. The summed E-state index contributed by atoms with van der Waals surface area (Å²) in [6.45, 7) is 6.78. The number of ether oxygens (including phenoxy) is 2. The maximum atomic E-state index is 16.1. The number of anilines is 2. The minimum Gasteiger partial charge on any atom is -0.497 e. The van der Waals surface area contributed by atoms with Crippen molar-refractivity contribution in [3.8, 4) is 11.5 Å². The van der Waals surface area contributed by atoms with E-state index >= 15 is 4.39 Å². The normalized spacial score (nSPS) is 21.8. The molecule has 4 aliphatic rings. The number of piperidine rings is 2. The van der Waals surface area contributed by atoms with E-state index in [4.69, 9.17) is 15.2 Å². The molecule has 8 rings (SSSR count). The third kappa shape index (κ3) is 8.49. The Morgan fingerprint density at radius 2 is 1.67 bits per heavy atom. The second-order valence-electron chi connectivity index (χ2n) is 16.0. The Balaban J connectivity index is 0.863. The summed E-state index contributed by atoms with van der Waals surface area (Å²) in [7, 11) is 1.65. The first-order valence-electron chi connectivity index (χ1n) is 20.4. The molecule has 4 aromatic rings. The average Bonchev–Trinajstić information content (AvgIpc) is 3.23. The van der Waals surface area contributed by atoms with Gasteiger partial charge in [-0.1, -0.05) is 42.5 Å². The van der Waals surface area contributed by atoms with Crippen LogP contribution in [0.5, 0.6) is 11.5 Å². The van der Waals surface area contributed by atoms with Crippen molar-refractivity contribution in [2.75, 3.05) is 69.3 Å². The van der Waals surface area contributed by atoms with Gasteiger partial charge in [0.25, 0.3) is 0 Å². The number of primary amides is 1. The smallest absolute Gasteiger partial charge is 0.248 e. The van der Waals surface area contributed by atoms with Crippen LogP contribution in [0, 0.1) is 17.7 Å². The van der Waals surface area contributed by atoms with Gasteiger partial charge < -0.3 is 25.0 Å². The second-order valence-corrected chi connectivity index (χ2v) is 16.0. The Hall–Kier alpha value is -5.42. The zero-order valence-corrected chi connectivity index (χ0v) is 32.6. The highest BCUT2D eigenvalue weighted by atomic mass is 19.1. The zero-order chi connectivity index (χ0) is 39.5. The number of amides is 3. The Morgan fingerprint density at radius 1 is 0.877 bits per heavy atom. The number of carbonyl (C=O) groups excluding carboxylic acids is 3. The van der Waals surface area contributed by atoms with Gasteiger partial charge in [0, 0.05) is 92.9 Å². The van der Waals surface area contributed by atoms with Gasteiger partial charge in [-0.15, -0.1) is 0 Å². The second kappa shape index (κ2) is 17.0. The topological polar surface area (TPSA) is 117 Å². The van der Waals surface area contributed by atoms with E-state index in [1.807, 2.05) is 48.5 Å². The van der Waals surface area contributed by atoms with E-state index in [0.717, 1.165) is 92.5 Å². The predicted octanol–water partition coefficient (Wildman–Crippen LogP) is 6.27. The molecule has 0 radical (unpaired) electrons. The number of nitrogens with zero attached hydrogens (tertiary/aromatic N) is 3. The number of imide groups is 1. The molecule has 4 aromatic carbocycles. The number of nitrogens with two attached hydrogens (primary N) is 1. The number of methoxy groups -OCH3 is 1. The van der Waals surface area contributed by atoms with Crippen LogP contribution < -0.4 is 30.3 Å². The molecule has 298 valence electrons. The van der Waals surface area contributed by atoms with Crippen LogP contribution in [-0.2, 0) is 16.0 Å². The van der Waals surface area contributed by atoms with Crippen LogP contribution in [0.1, 0.15) is 76.6 Å². The first kappa shape index (κ1) is 38.5. The van der Waals surface area contributed by atoms with Crippen molar-refractivity contribution in [3.05, 3.63) is 119 Å². The molecule has 57 heavy (non-hydrogen) atoms. The van der Waals surface area contributed by atoms with E-state index in [-0.39, 0.29) is 35.4 Å². The Kier molecular flexibility index (Phi) is 11.5. The van der Waals surface area contributed by atoms with Gasteiger partial charge in [0.1, 0.15) is 17.3 Å². The fraction of sp³-hybridized carbons (Fsp3) is 0.413. The van der Waals surface area contributed by atoms with Crippen LogP contribution in [-0.4, -0.2) is 82.2 Å². The lowest BCUT2D eigenvalue weighted by Gasteiger charge is -2.40. The molecule has 4 heterocycles. The SMILES string of the molecule is COc1ccc2c(c1)OC[C@H](c1ccccc1)[C@@H]2c1ccc(N2CCC(CN3CCN(c4ccc(C(N)=O)c(CC[C@H]5CCC(=O)NC5=O)c4)CC3)CC2)c(F)c1. The number of carbonyl (C=O) groups is 3. The van der Waals surface area contributed by atoms with Gasteiger partial charge in [0.2, 0.25) is 17.7 Å². The number of nitrogens with one attached hydrogen (secondary N) is 1. The summed E-state index contributed by atoms with van der Waals surface area (Å²) < 4.78 is 27.9. The highest BCUT2D eigenvalue weighted by molar-refractivity contribution is 5.98. The van der Waals surface area contributed by atoms with Gasteiger partial charge >= 0.3 is 0 Å². The molecular weight excluding hydrogens is 722 g/mol. The van der Waals surface area contributed by atoms with E-state index in [1.54, 1.807) is 19.2 Å². The lowest BCUT2D eigenvalue weighted by molar-refractivity contribution is -0.136. The predicted molar refractivity (Wildman–Crippen MR) is 219 cm³/mol. The zero-order valence-electron chi connectivity index (χ0n) is 32.6. The monoisotopic (exact) mass is 773 g/mol. The molecule has 11 heteroatoms. The summed E-state index contributed by atoms with van der Waals surface area (Å²) in [5, 5.41) is 2.43. The Labute approximate surface area is 334 Å². The number of fused-ring (bicyclic) bond motifs is 1. The van der Waals surface area contributed by atoms with Crippen LogP contribution in [0.3, 0.4) is 0 Å². The molecular formula is C46H52FN5O5. The molecule has 0 aromatic heterocycles. The summed E-state index contributed by atoms with van der Waals surface area (Å²) in [4.78, 5) is 43.2. The molecule has 0 aliphatic carbocycles. The third-order valence-corrected chi connectivity index (χ3v) is 12.6. The number of benzene rings is 4. The van der Waals surface area contributed by atoms with Gasteiger partial charge in [-0.2, -0.15) is 0 Å². The van der Waals surface area contributed by atoms with Crippen molar-refractivity contribution in [1.29, 1.82) is 0 Å². The van der Waals surface area contributed by atoms with E-state index in [2.05, 4.69) is 44.3 Å². The first-order chi connectivity index (χ1) is 27.7. The van der Waals surface area contributed by atoms with E-state index in [1.165, 1.54) is 5.56 Å². The average molecular weight is 774 g/mol. The number of aryl methyl sites for hydroxylation is 1. The number of rotatable bonds is 11. The molecule has 4 aliphatic heterocycles. The van der Waals surface area contributed by atoms with Crippen molar-refractivity contribution < 1.29 is 28.2 Å². The minimum absolute atomic E-state index is 0.0478. The first-order valence-corrected chi connectivity index (χ1v) is 20.4.